The average Bonchev–Trinajstić information content (AvgIpc) is 2.65. The van der Waals surface area contributed by atoms with Crippen molar-refractivity contribution in [2.75, 3.05) is 11.5 Å². The summed E-state index contributed by atoms with van der Waals surface area (Å²) in [5.41, 5.74) is 2.85. The first-order chi connectivity index (χ1) is 14.8. The quantitative estimate of drug-likeness (QED) is 0.202. The van der Waals surface area contributed by atoms with E-state index in [4.69, 9.17) is 5.11 Å². The Morgan fingerprint density at radius 1 is 0.938 bits per heavy atom. The highest BCUT2D eigenvalue weighted by molar-refractivity contribution is 7.99. The van der Waals surface area contributed by atoms with E-state index < -0.39 is 29.3 Å². The molecule has 0 fully saturated rings. The molecule has 0 saturated carbocycles. The van der Waals surface area contributed by atoms with Crippen LogP contribution >= 0.6 is 11.8 Å². The van der Waals surface area contributed by atoms with Crippen molar-refractivity contribution >= 4 is 29.6 Å². The van der Waals surface area contributed by atoms with Crippen LogP contribution in [0.5, 0.6) is 0 Å². The molecule has 0 aliphatic rings. The molecule has 32 heavy (non-hydrogen) atoms. The van der Waals surface area contributed by atoms with Gasteiger partial charge in [0.25, 0.3) is 0 Å². The first-order valence-corrected chi connectivity index (χ1v) is 12.3. The summed E-state index contributed by atoms with van der Waals surface area (Å²) >= 11 is 1.62. The van der Waals surface area contributed by atoms with Crippen LogP contribution in [0.1, 0.15) is 80.1 Å². The maximum absolute atomic E-state index is 12.0. The van der Waals surface area contributed by atoms with Gasteiger partial charge in [0.15, 0.2) is 0 Å². The molecule has 6 nitrogen and oxygen atoms in total. The van der Waals surface area contributed by atoms with Gasteiger partial charge in [0.1, 0.15) is 6.04 Å². The van der Waals surface area contributed by atoms with Gasteiger partial charge >= 0.3 is 11.9 Å². The van der Waals surface area contributed by atoms with Crippen LogP contribution in [0, 0.1) is 5.41 Å². The third-order valence-corrected chi connectivity index (χ3v) is 5.96. The number of aliphatic carboxylic acids is 2. The Hall–Kier alpha value is -2.02. The third-order valence-electron chi connectivity index (χ3n) is 5.04. The van der Waals surface area contributed by atoms with Crippen LogP contribution in [0.15, 0.2) is 34.9 Å². The van der Waals surface area contributed by atoms with Gasteiger partial charge in [0.05, 0.1) is 5.41 Å². The SMILES string of the molecule is CC(C)=CCC/C(C)=C/CC/C(C)=C/CSCC[C@H](NC(=O)CC(C)(C)C(=O)O)C(=O)O. The normalized spacial score (nSPS) is 13.4. The van der Waals surface area contributed by atoms with E-state index in [1.165, 1.54) is 30.6 Å². The fraction of sp³-hybridized carbons (Fsp3) is 0.640. The highest BCUT2D eigenvalue weighted by Crippen LogP contribution is 2.20. The molecule has 0 saturated heterocycles. The summed E-state index contributed by atoms with van der Waals surface area (Å²) in [7, 11) is 0. The standard InChI is InChI=1S/C25H41NO5S/c1-18(2)9-7-10-19(3)11-8-12-20(4)13-15-32-16-14-21(23(28)29)26-22(27)17-25(5,6)24(30)31/h9,11,13,21H,7-8,10,12,14-17H2,1-6H3,(H,26,27)(H,28,29)(H,30,31)/b19-11+,20-13+/t21-/m0/s1. The predicted octanol–water partition coefficient (Wildman–Crippen LogP) is 5.60. The zero-order chi connectivity index (χ0) is 24.7. The van der Waals surface area contributed by atoms with Gasteiger partial charge in [0, 0.05) is 12.2 Å². The molecule has 0 aliphatic carbocycles. The predicted molar refractivity (Wildman–Crippen MR) is 133 cm³/mol. The maximum atomic E-state index is 12.0. The number of carbonyl (C=O) groups excluding carboxylic acids is 1. The Kier molecular flexibility index (Phi) is 14.7. The second kappa shape index (κ2) is 15.7. The van der Waals surface area contributed by atoms with Gasteiger partial charge in [0.2, 0.25) is 5.91 Å². The number of allylic oxidation sites excluding steroid dienone is 5. The molecule has 0 aromatic rings. The van der Waals surface area contributed by atoms with E-state index in [1.54, 1.807) is 11.8 Å². The molecule has 0 radical (unpaired) electrons. The average molecular weight is 468 g/mol. The molecule has 0 spiro atoms. The summed E-state index contributed by atoms with van der Waals surface area (Å²) in [5, 5.41) is 20.9. The highest BCUT2D eigenvalue weighted by atomic mass is 32.2. The zero-order valence-electron chi connectivity index (χ0n) is 20.5. The number of thioether (sulfide) groups is 1. The summed E-state index contributed by atoms with van der Waals surface area (Å²) in [6.45, 7) is 11.4. The molecule has 0 aliphatic heterocycles. The number of rotatable bonds is 16. The molecule has 182 valence electrons. The minimum atomic E-state index is -1.23. The first-order valence-electron chi connectivity index (χ1n) is 11.1. The minimum Gasteiger partial charge on any atom is -0.481 e. The van der Waals surface area contributed by atoms with Crippen LogP contribution in [0.4, 0.5) is 0 Å². The number of carbonyl (C=O) groups is 3. The smallest absolute Gasteiger partial charge is 0.326 e. The van der Waals surface area contributed by atoms with Gasteiger partial charge in [-0.15, -0.1) is 0 Å². The first kappa shape index (κ1) is 30.0. The lowest BCUT2D eigenvalue weighted by atomic mass is 9.89. The second-order valence-corrected chi connectivity index (χ2v) is 10.3. The number of carboxylic acid groups (broad SMARTS) is 2. The molecular weight excluding hydrogens is 426 g/mol. The van der Waals surface area contributed by atoms with E-state index in [-0.39, 0.29) is 6.42 Å². The van der Waals surface area contributed by atoms with Gasteiger partial charge in [-0.25, -0.2) is 4.79 Å². The van der Waals surface area contributed by atoms with Crippen molar-refractivity contribution < 1.29 is 24.6 Å². The van der Waals surface area contributed by atoms with Crippen LogP contribution in [-0.2, 0) is 14.4 Å². The minimum absolute atomic E-state index is 0.260. The summed E-state index contributed by atoms with van der Waals surface area (Å²) in [6.07, 6.45) is 11.0. The second-order valence-electron chi connectivity index (χ2n) is 9.15. The van der Waals surface area contributed by atoms with Crippen LogP contribution in [0.25, 0.3) is 0 Å². The highest BCUT2D eigenvalue weighted by Gasteiger charge is 2.31. The monoisotopic (exact) mass is 467 g/mol. The largest absolute Gasteiger partial charge is 0.481 e. The van der Waals surface area contributed by atoms with Crippen molar-refractivity contribution in [1.29, 1.82) is 0 Å². The number of nitrogens with one attached hydrogen (secondary N) is 1. The summed E-state index contributed by atoms with van der Waals surface area (Å²) < 4.78 is 0. The third kappa shape index (κ3) is 14.9. The number of carboxylic acids is 2. The van der Waals surface area contributed by atoms with Crippen molar-refractivity contribution in [3.05, 3.63) is 34.9 Å². The Morgan fingerprint density at radius 2 is 1.50 bits per heavy atom. The van der Waals surface area contributed by atoms with Crippen molar-refractivity contribution in [2.45, 2.75) is 86.1 Å². The Bertz CT molecular complexity index is 718. The van der Waals surface area contributed by atoms with E-state index in [0.717, 1.165) is 31.4 Å². The van der Waals surface area contributed by atoms with E-state index in [2.05, 4.69) is 51.2 Å². The molecule has 3 N–H and O–H groups in total. The van der Waals surface area contributed by atoms with Crippen LogP contribution in [-0.4, -0.2) is 45.6 Å². The molecule has 0 unspecified atom stereocenters. The lowest BCUT2D eigenvalue weighted by Gasteiger charge is -2.20. The van der Waals surface area contributed by atoms with Crippen molar-refractivity contribution in [2.24, 2.45) is 5.41 Å². The molecule has 0 heterocycles. The molecule has 1 amide bonds. The fourth-order valence-electron chi connectivity index (χ4n) is 2.80. The van der Waals surface area contributed by atoms with E-state index in [0.29, 0.717) is 12.2 Å². The molecule has 7 heteroatoms. The Morgan fingerprint density at radius 3 is 2.03 bits per heavy atom. The lowest BCUT2D eigenvalue weighted by molar-refractivity contribution is -0.150. The van der Waals surface area contributed by atoms with E-state index in [1.807, 2.05) is 0 Å². The summed E-state index contributed by atoms with van der Waals surface area (Å²) in [5.74, 6) is -1.37. The van der Waals surface area contributed by atoms with E-state index in [9.17, 15) is 19.5 Å². The summed E-state index contributed by atoms with van der Waals surface area (Å²) in [6, 6.07) is -1.01. The number of hydrogen-bond acceptors (Lipinski definition) is 4. The number of hydrogen-bond donors (Lipinski definition) is 3. The molecule has 0 aromatic carbocycles. The Labute approximate surface area is 197 Å². The number of amides is 1. The molecule has 0 bridgehead atoms. The lowest BCUT2D eigenvalue weighted by Crippen LogP contribution is -2.43. The van der Waals surface area contributed by atoms with Crippen LogP contribution in [0.2, 0.25) is 0 Å². The Balaban J connectivity index is 4.28. The van der Waals surface area contributed by atoms with Gasteiger partial charge < -0.3 is 15.5 Å². The summed E-state index contributed by atoms with van der Waals surface area (Å²) in [4.78, 5) is 34.6. The van der Waals surface area contributed by atoms with Gasteiger partial charge in [-0.3, -0.25) is 9.59 Å². The van der Waals surface area contributed by atoms with E-state index >= 15 is 0 Å². The van der Waals surface area contributed by atoms with Crippen molar-refractivity contribution in [1.82, 2.24) is 5.32 Å². The van der Waals surface area contributed by atoms with Gasteiger partial charge in [-0.2, -0.15) is 11.8 Å². The van der Waals surface area contributed by atoms with Crippen molar-refractivity contribution in [3.8, 4) is 0 Å². The van der Waals surface area contributed by atoms with Crippen LogP contribution < -0.4 is 5.32 Å². The van der Waals surface area contributed by atoms with Gasteiger partial charge in [-0.05, 0) is 79.4 Å². The molecule has 0 aromatic heterocycles. The van der Waals surface area contributed by atoms with Gasteiger partial charge in [-0.1, -0.05) is 34.9 Å². The van der Waals surface area contributed by atoms with Crippen LogP contribution in [0.3, 0.4) is 0 Å². The molecule has 1 atom stereocenters. The fourth-order valence-corrected chi connectivity index (χ4v) is 3.78. The maximum Gasteiger partial charge on any atom is 0.326 e. The topological polar surface area (TPSA) is 104 Å². The molecule has 0 rings (SSSR count). The zero-order valence-corrected chi connectivity index (χ0v) is 21.3. The molecular formula is C25H41NO5S. The van der Waals surface area contributed by atoms with Crippen molar-refractivity contribution in [3.63, 3.8) is 0 Å².